The van der Waals surface area contributed by atoms with Crippen molar-refractivity contribution in [3.63, 3.8) is 0 Å². The van der Waals surface area contributed by atoms with Crippen molar-refractivity contribution in [1.29, 1.82) is 0 Å². The van der Waals surface area contributed by atoms with Crippen molar-refractivity contribution < 1.29 is 4.43 Å². The smallest absolute Gasteiger partial charge is 0.266 e. The van der Waals surface area contributed by atoms with Gasteiger partial charge in [0.25, 0.3) is 6.21 Å². The van der Waals surface area contributed by atoms with Crippen LogP contribution in [0.2, 0.25) is 19.6 Å². The summed E-state index contributed by atoms with van der Waals surface area (Å²) in [6, 6.07) is 0. The van der Waals surface area contributed by atoms with Crippen molar-refractivity contribution in [2.75, 3.05) is 7.11 Å². The summed E-state index contributed by atoms with van der Waals surface area (Å²) in [7, 11) is -0.0263. The highest BCUT2D eigenvalue weighted by molar-refractivity contribution is 7.73. The van der Waals surface area contributed by atoms with Gasteiger partial charge in [0.15, 0.2) is 0 Å². The quantitative estimate of drug-likeness (QED) is 0.495. The van der Waals surface area contributed by atoms with Gasteiger partial charge in [-0.1, -0.05) is 0 Å². The van der Waals surface area contributed by atoms with Crippen molar-refractivity contribution in [1.82, 2.24) is 0 Å². The van der Waals surface area contributed by atoms with E-state index in [1.54, 1.807) is 7.11 Å². The van der Waals surface area contributed by atoms with Gasteiger partial charge >= 0.3 is 0 Å². The topological polar surface area (TPSA) is 9.23 Å². The Morgan fingerprint density at radius 1 is 1.11 bits per heavy atom. The maximum atomic E-state index is 5.97. The summed E-state index contributed by atoms with van der Waals surface area (Å²) in [4.78, 5) is 0. The number of hydrogen-bond acceptors (Lipinski definition) is 1. The van der Waals surface area contributed by atoms with Gasteiger partial charge in [-0.05, 0) is 19.6 Å². The summed E-state index contributed by atoms with van der Waals surface area (Å²) in [6.07, 6.45) is -2.02. The van der Waals surface area contributed by atoms with Crippen molar-refractivity contribution in [3.8, 4) is 0 Å². The Bertz CT molecular complexity index is 99.2. The van der Waals surface area contributed by atoms with Crippen LogP contribution in [0.25, 0.3) is 0 Å². The molecule has 0 aromatic heterocycles. The Morgan fingerprint density at radius 2 is 1.44 bits per heavy atom. The predicted molar refractivity (Wildman–Crippen MR) is 47.8 cm³/mol. The highest BCUT2D eigenvalue weighted by atomic mass is 35.7. The van der Waals surface area contributed by atoms with Gasteiger partial charge in [0.2, 0.25) is 7.83 Å². The Balaban J connectivity index is 4.14. The molecule has 9 heavy (non-hydrogen) atoms. The maximum Gasteiger partial charge on any atom is 0.266 e. The maximum absolute atomic E-state index is 5.97. The van der Waals surface area contributed by atoms with Crippen molar-refractivity contribution in [3.05, 3.63) is 0 Å². The molecule has 0 unspecified atom stereocenters. The van der Waals surface area contributed by atoms with Gasteiger partial charge in [0, 0.05) is 7.11 Å². The first kappa shape index (κ1) is 9.97. The average molecular weight is 203 g/mol. The van der Waals surface area contributed by atoms with Gasteiger partial charge in [-0.2, -0.15) is 0 Å². The fraction of sp³-hybridized carbons (Fsp3) is 1.00. The molecular formula is C4H12Cl2OSi2. The van der Waals surface area contributed by atoms with Crippen molar-refractivity contribution >= 4 is 36.2 Å². The molecule has 0 heterocycles. The standard InChI is InChI=1S/C4H12Cl2OSi2/c1-7-8(2,3)9(4,5)6/h1-4H3. The third kappa shape index (κ3) is 2.59. The van der Waals surface area contributed by atoms with Gasteiger partial charge in [-0.15, -0.1) is 22.2 Å². The Labute approximate surface area is 67.6 Å². The highest BCUT2D eigenvalue weighted by Crippen LogP contribution is 2.26. The highest BCUT2D eigenvalue weighted by Gasteiger charge is 2.44. The molecular weight excluding hydrogens is 191 g/mol. The lowest BCUT2D eigenvalue weighted by molar-refractivity contribution is 0.421. The molecule has 0 aliphatic heterocycles. The van der Waals surface area contributed by atoms with E-state index in [0.29, 0.717) is 0 Å². The van der Waals surface area contributed by atoms with E-state index in [1.807, 2.05) is 19.6 Å². The second-order valence-corrected chi connectivity index (χ2v) is 21.4. The van der Waals surface area contributed by atoms with Crippen LogP contribution in [0.4, 0.5) is 0 Å². The zero-order chi connectivity index (χ0) is 7.71. The summed E-state index contributed by atoms with van der Waals surface area (Å²) in [5, 5.41) is 0. The molecule has 56 valence electrons. The van der Waals surface area contributed by atoms with E-state index in [9.17, 15) is 0 Å². The molecule has 0 atom stereocenters. The normalized spacial score (nSPS) is 14.0. The van der Waals surface area contributed by atoms with Crippen LogP contribution in [0.15, 0.2) is 0 Å². The number of hydrogen-bond donors (Lipinski definition) is 0. The molecule has 0 saturated heterocycles. The first-order chi connectivity index (χ1) is 3.81. The van der Waals surface area contributed by atoms with Crippen LogP contribution in [-0.4, -0.2) is 21.2 Å². The summed E-state index contributed by atoms with van der Waals surface area (Å²) in [5.74, 6) is 0. The molecule has 0 bridgehead atoms. The summed E-state index contributed by atoms with van der Waals surface area (Å²) < 4.78 is 5.24. The molecule has 0 rings (SSSR count). The lowest BCUT2D eigenvalue weighted by atomic mass is 11.8. The predicted octanol–water partition coefficient (Wildman–Crippen LogP) is 2.47. The molecule has 0 aliphatic carbocycles. The van der Waals surface area contributed by atoms with Crippen molar-refractivity contribution in [2.24, 2.45) is 0 Å². The van der Waals surface area contributed by atoms with Gasteiger partial charge in [-0.3, -0.25) is 0 Å². The minimum absolute atomic E-state index is 1.68. The van der Waals surface area contributed by atoms with E-state index >= 15 is 0 Å². The molecule has 0 aromatic carbocycles. The minimum atomic E-state index is -2.02. The van der Waals surface area contributed by atoms with E-state index in [4.69, 9.17) is 26.6 Å². The van der Waals surface area contributed by atoms with Crippen LogP contribution in [0.5, 0.6) is 0 Å². The average Bonchev–Trinajstić information content (AvgIpc) is 1.64. The molecule has 0 fully saturated rings. The third-order valence-electron chi connectivity index (χ3n) is 1.57. The molecule has 0 aromatic rings. The first-order valence-electron chi connectivity index (χ1n) is 2.74. The molecule has 0 spiro atoms. The second-order valence-electron chi connectivity index (χ2n) is 2.60. The minimum Gasteiger partial charge on any atom is -0.420 e. The third-order valence-corrected chi connectivity index (χ3v) is 19.8. The molecule has 1 nitrogen and oxygen atoms in total. The molecule has 0 aliphatic rings. The summed E-state index contributed by atoms with van der Waals surface area (Å²) in [5.41, 5.74) is 0. The molecule has 0 saturated carbocycles. The zero-order valence-corrected chi connectivity index (χ0v) is 9.68. The van der Waals surface area contributed by atoms with E-state index in [2.05, 4.69) is 0 Å². The van der Waals surface area contributed by atoms with Crippen LogP contribution in [0.1, 0.15) is 0 Å². The Hall–Kier alpha value is 0.974. The summed E-state index contributed by atoms with van der Waals surface area (Å²) in [6.45, 7) is 5.99. The van der Waals surface area contributed by atoms with E-state index in [0.717, 1.165) is 0 Å². The monoisotopic (exact) mass is 202 g/mol. The van der Waals surface area contributed by atoms with Crippen LogP contribution >= 0.6 is 22.2 Å². The largest absolute Gasteiger partial charge is 0.420 e. The lowest BCUT2D eigenvalue weighted by Crippen LogP contribution is -2.50. The van der Waals surface area contributed by atoms with Crippen LogP contribution in [0.3, 0.4) is 0 Å². The fourth-order valence-electron chi connectivity index (χ4n) is 0.179. The molecule has 0 amide bonds. The van der Waals surface area contributed by atoms with E-state index in [1.165, 1.54) is 0 Å². The van der Waals surface area contributed by atoms with Gasteiger partial charge < -0.3 is 4.43 Å². The van der Waals surface area contributed by atoms with Crippen LogP contribution in [-0.2, 0) is 4.43 Å². The van der Waals surface area contributed by atoms with Crippen molar-refractivity contribution in [2.45, 2.75) is 19.6 Å². The Kier molecular flexibility index (Phi) is 3.24. The van der Waals surface area contributed by atoms with Gasteiger partial charge in [0.05, 0.1) is 0 Å². The second kappa shape index (κ2) is 2.92. The zero-order valence-electron chi connectivity index (χ0n) is 6.16. The van der Waals surface area contributed by atoms with Gasteiger partial charge in [0.1, 0.15) is 0 Å². The fourth-order valence-corrected chi connectivity index (χ4v) is 3.00. The SMILES string of the molecule is CO[Si](C)(C)[Si](C)(Cl)Cl. The molecule has 0 N–H and O–H groups in total. The number of halogens is 2. The number of rotatable bonds is 2. The van der Waals surface area contributed by atoms with Gasteiger partial charge in [-0.25, -0.2) is 0 Å². The first-order valence-corrected chi connectivity index (χ1v) is 11.2. The lowest BCUT2D eigenvalue weighted by Gasteiger charge is -2.27. The summed E-state index contributed by atoms with van der Waals surface area (Å²) >= 11 is 11.9. The van der Waals surface area contributed by atoms with Crippen LogP contribution < -0.4 is 0 Å². The van der Waals surface area contributed by atoms with E-state index < -0.39 is 14.0 Å². The van der Waals surface area contributed by atoms with E-state index in [-0.39, 0.29) is 0 Å². The molecule has 0 radical (unpaired) electrons. The Morgan fingerprint density at radius 3 is 1.44 bits per heavy atom. The van der Waals surface area contributed by atoms with Crippen LogP contribution in [0, 0.1) is 0 Å². The molecule has 5 heteroatoms.